The SMILES string of the molecule is CC(C)(C)OCC1C(=O)NCC(=O)N1Cc1ccc(C(F)(F)F)cc1. The van der Waals surface area contributed by atoms with E-state index in [0.717, 1.165) is 12.1 Å². The Bertz CT molecular complexity index is 636. The number of amides is 2. The second-order valence-electron chi connectivity index (χ2n) is 6.87. The van der Waals surface area contributed by atoms with Crippen LogP contribution in [0.1, 0.15) is 31.9 Å². The average Bonchev–Trinajstić information content (AvgIpc) is 2.49. The van der Waals surface area contributed by atoms with Gasteiger partial charge in [-0.25, -0.2) is 0 Å². The molecule has 0 aliphatic carbocycles. The van der Waals surface area contributed by atoms with Gasteiger partial charge in [0.2, 0.25) is 11.8 Å². The molecule has 0 aromatic heterocycles. The smallest absolute Gasteiger partial charge is 0.373 e. The number of piperazine rings is 1. The molecule has 1 aromatic rings. The second kappa shape index (κ2) is 7.03. The number of halogens is 3. The maximum atomic E-state index is 12.6. The van der Waals surface area contributed by atoms with Gasteiger partial charge < -0.3 is 15.0 Å². The van der Waals surface area contributed by atoms with E-state index in [1.807, 2.05) is 20.8 Å². The summed E-state index contributed by atoms with van der Waals surface area (Å²) in [5.74, 6) is -0.641. The number of hydrogen-bond acceptors (Lipinski definition) is 3. The van der Waals surface area contributed by atoms with Crippen LogP contribution in [0.15, 0.2) is 24.3 Å². The number of ether oxygens (including phenoxy) is 1. The Balaban J connectivity index is 2.15. The molecule has 0 bridgehead atoms. The third-order valence-electron chi connectivity index (χ3n) is 3.72. The molecule has 138 valence electrons. The van der Waals surface area contributed by atoms with Gasteiger partial charge in [0, 0.05) is 6.54 Å². The van der Waals surface area contributed by atoms with Crippen LogP contribution in [0.5, 0.6) is 0 Å². The molecule has 1 fully saturated rings. The lowest BCUT2D eigenvalue weighted by Gasteiger charge is -2.36. The van der Waals surface area contributed by atoms with E-state index in [-0.39, 0.29) is 31.5 Å². The zero-order valence-electron chi connectivity index (χ0n) is 14.3. The summed E-state index contributed by atoms with van der Waals surface area (Å²) in [5.41, 5.74) is -0.732. The number of rotatable bonds is 4. The van der Waals surface area contributed by atoms with Crippen LogP contribution in [-0.4, -0.2) is 41.5 Å². The summed E-state index contributed by atoms with van der Waals surface area (Å²) in [6.07, 6.45) is -4.41. The lowest BCUT2D eigenvalue weighted by molar-refractivity contribution is -0.151. The molecular formula is C17H21F3N2O3. The highest BCUT2D eigenvalue weighted by Gasteiger charge is 2.36. The molecule has 1 aliphatic rings. The van der Waals surface area contributed by atoms with Crippen molar-refractivity contribution in [2.24, 2.45) is 0 Å². The van der Waals surface area contributed by atoms with Crippen molar-refractivity contribution in [2.45, 2.75) is 45.1 Å². The van der Waals surface area contributed by atoms with Gasteiger partial charge in [0.1, 0.15) is 6.04 Å². The van der Waals surface area contributed by atoms with E-state index in [4.69, 9.17) is 4.74 Å². The zero-order chi connectivity index (χ0) is 18.8. The number of carbonyl (C=O) groups is 2. The van der Waals surface area contributed by atoms with Crippen LogP contribution in [-0.2, 0) is 27.0 Å². The van der Waals surface area contributed by atoms with Crippen LogP contribution in [0, 0.1) is 0 Å². The Labute approximate surface area is 144 Å². The Morgan fingerprint density at radius 1 is 1.16 bits per heavy atom. The van der Waals surface area contributed by atoms with Gasteiger partial charge in [-0.15, -0.1) is 0 Å². The number of nitrogens with one attached hydrogen (secondary N) is 1. The van der Waals surface area contributed by atoms with E-state index in [9.17, 15) is 22.8 Å². The van der Waals surface area contributed by atoms with Crippen LogP contribution < -0.4 is 5.32 Å². The van der Waals surface area contributed by atoms with Crippen molar-refractivity contribution in [1.82, 2.24) is 10.2 Å². The fourth-order valence-electron chi connectivity index (χ4n) is 2.39. The summed E-state index contributed by atoms with van der Waals surface area (Å²) in [6, 6.07) is 3.73. The van der Waals surface area contributed by atoms with Crippen molar-refractivity contribution in [2.75, 3.05) is 13.2 Å². The van der Waals surface area contributed by atoms with Gasteiger partial charge in [-0.2, -0.15) is 13.2 Å². The summed E-state index contributed by atoms with van der Waals surface area (Å²) in [6.45, 7) is 5.41. The van der Waals surface area contributed by atoms with Crippen molar-refractivity contribution in [1.29, 1.82) is 0 Å². The molecule has 1 aliphatic heterocycles. The summed E-state index contributed by atoms with van der Waals surface area (Å²) >= 11 is 0. The molecule has 2 amide bonds. The molecule has 1 aromatic carbocycles. The van der Waals surface area contributed by atoms with Gasteiger partial charge in [0.25, 0.3) is 0 Å². The molecule has 25 heavy (non-hydrogen) atoms. The van der Waals surface area contributed by atoms with Crippen LogP contribution in [0.4, 0.5) is 13.2 Å². The molecule has 1 saturated heterocycles. The third kappa shape index (κ3) is 5.19. The first-order valence-electron chi connectivity index (χ1n) is 7.84. The van der Waals surface area contributed by atoms with E-state index >= 15 is 0 Å². The lowest BCUT2D eigenvalue weighted by atomic mass is 10.1. The summed E-state index contributed by atoms with van der Waals surface area (Å²) in [5, 5.41) is 2.50. The van der Waals surface area contributed by atoms with Crippen molar-refractivity contribution in [3.8, 4) is 0 Å². The second-order valence-corrected chi connectivity index (χ2v) is 6.87. The Morgan fingerprint density at radius 2 is 1.76 bits per heavy atom. The first-order chi connectivity index (χ1) is 11.5. The summed E-state index contributed by atoms with van der Waals surface area (Å²) < 4.78 is 43.5. The maximum absolute atomic E-state index is 12.6. The minimum atomic E-state index is -4.41. The predicted molar refractivity (Wildman–Crippen MR) is 84.5 cm³/mol. The Morgan fingerprint density at radius 3 is 2.28 bits per heavy atom. The number of alkyl halides is 3. The topological polar surface area (TPSA) is 58.6 Å². The van der Waals surface area contributed by atoms with E-state index in [2.05, 4.69) is 5.32 Å². The van der Waals surface area contributed by atoms with Crippen LogP contribution in [0.25, 0.3) is 0 Å². The van der Waals surface area contributed by atoms with Gasteiger partial charge >= 0.3 is 6.18 Å². The molecule has 1 N–H and O–H groups in total. The Kier molecular flexibility index (Phi) is 5.41. The van der Waals surface area contributed by atoms with E-state index < -0.39 is 23.4 Å². The normalized spacial score (nSPS) is 19.1. The van der Waals surface area contributed by atoms with Gasteiger partial charge in [-0.05, 0) is 38.5 Å². The molecule has 1 heterocycles. The minimum Gasteiger partial charge on any atom is -0.373 e. The molecule has 0 radical (unpaired) electrons. The third-order valence-corrected chi connectivity index (χ3v) is 3.72. The van der Waals surface area contributed by atoms with Crippen LogP contribution in [0.2, 0.25) is 0 Å². The fraction of sp³-hybridized carbons (Fsp3) is 0.529. The zero-order valence-corrected chi connectivity index (χ0v) is 14.3. The molecule has 5 nitrogen and oxygen atoms in total. The van der Waals surface area contributed by atoms with Crippen molar-refractivity contribution < 1.29 is 27.5 Å². The number of benzene rings is 1. The minimum absolute atomic E-state index is 0.0156. The predicted octanol–water partition coefficient (Wildman–Crippen LogP) is 2.35. The summed E-state index contributed by atoms with van der Waals surface area (Å²) in [4.78, 5) is 25.6. The van der Waals surface area contributed by atoms with Crippen molar-refractivity contribution in [3.63, 3.8) is 0 Å². The molecule has 0 saturated carbocycles. The van der Waals surface area contributed by atoms with Crippen LogP contribution >= 0.6 is 0 Å². The highest BCUT2D eigenvalue weighted by molar-refractivity contribution is 5.94. The van der Waals surface area contributed by atoms with Crippen LogP contribution in [0.3, 0.4) is 0 Å². The maximum Gasteiger partial charge on any atom is 0.416 e. The average molecular weight is 358 g/mol. The molecular weight excluding hydrogens is 337 g/mol. The van der Waals surface area contributed by atoms with Crippen molar-refractivity contribution in [3.05, 3.63) is 35.4 Å². The molecule has 1 atom stereocenters. The monoisotopic (exact) mass is 358 g/mol. The van der Waals surface area contributed by atoms with Gasteiger partial charge in [0.05, 0.1) is 24.3 Å². The van der Waals surface area contributed by atoms with E-state index in [1.54, 1.807) is 0 Å². The first-order valence-corrected chi connectivity index (χ1v) is 7.84. The van der Waals surface area contributed by atoms with Gasteiger partial charge in [0.15, 0.2) is 0 Å². The van der Waals surface area contributed by atoms with Crippen molar-refractivity contribution >= 4 is 11.8 Å². The molecule has 0 spiro atoms. The standard InChI is InChI=1S/C17H21F3N2O3/c1-16(2,3)25-10-13-15(24)21-8-14(23)22(13)9-11-4-6-12(7-5-11)17(18,19)20/h4-7,13H,8-10H2,1-3H3,(H,21,24). The first kappa shape index (κ1) is 19.2. The summed E-state index contributed by atoms with van der Waals surface area (Å²) in [7, 11) is 0. The van der Waals surface area contributed by atoms with Gasteiger partial charge in [-0.1, -0.05) is 12.1 Å². The largest absolute Gasteiger partial charge is 0.416 e. The fourth-order valence-corrected chi connectivity index (χ4v) is 2.39. The molecule has 8 heteroatoms. The highest BCUT2D eigenvalue weighted by Crippen LogP contribution is 2.29. The van der Waals surface area contributed by atoms with Gasteiger partial charge in [-0.3, -0.25) is 9.59 Å². The van der Waals surface area contributed by atoms with E-state index in [1.165, 1.54) is 17.0 Å². The molecule has 1 unspecified atom stereocenters. The lowest BCUT2D eigenvalue weighted by Crippen LogP contribution is -2.60. The quantitative estimate of drug-likeness (QED) is 0.899. The Hall–Kier alpha value is -2.09. The number of carbonyl (C=O) groups excluding carboxylic acids is 2. The highest BCUT2D eigenvalue weighted by atomic mass is 19.4. The number of nitrogens with zero attached hydrogens (tertiary/aromatic N) is 1. The number of hydrogen-bond donors (Lipinski definition) is 1. The van der Waals surface area contributed by atoms with E-state index in [0.29, 0.717) is 5.56 Å². The molecule has 2 rings (SSSR count).